The van der Waals surface area contributed by atoms with Crippen molar-refractivity contribution in [3.8, 4) is 0 Å². The second-order valence-electron chi connectivity index (χ2n) is 4.56. The first-order chi connectivity index (χ1) is 9.33. The minimum atomic E-state index is -4.13. The molecule has 0 radical (unpaired) electrons. The quantitative estimate of drug-likeness (QED) is 0.276. The largest absolute Gasteiger partial charge is 0.443 e. The molecule has 118 valence electrons. The summed E-state index contributed by atoms with van der Waals surface area (Å²) in [7, 11) is -4.13. The number of unbranched alkanes of at least 4 members (excludes halogenated alkanes) is 4. The summed E-state index contributed by atoms with van der Waals surface area (Å²) >= 11 is 0. The van der Waals surface area contributed by atoms with Crippen LogP contribution < -0.4 is 4.72 Å². The average Bonchev–Trinajstić information content (AvgIpc) is 2.37. The van der Waals surface area contributed by atoms with Crippen molar-refractivity contribution in [3.63, 3.8) is 0 Å². The van der Waals surface area contributed by atoms with E-state index >= 15 is 0 Å². The predicted octanol–water partition coefficient (Wildman–Crippen LogP) is 2.64. The topological polar surface area (TPSA) is 72.5 Å². The Morgan fingerprint density at radius 2 is 1.95 bits per heavy atom. The van der Waals surface area contributed by atoms with Gasteiger partial charge in [-0.15, -0.1) is 0 Å². The molecule has 0 rings (SSSR count). The number of nitrogens with one attached hydrogen (secondary N) is 1. The molecule has 0 amide bonds. The van der Waals surface area contributed by atoms with Crippen LogP contribution in [0, 0.1) is 0 Å². The first-order valence-electron chi connectivity index (χ1n) is 6.81. The highest BCUT2D eigenvalue weighted by atomic mass is 32.2. The van der Waals surface area contributed by atoms with Crippen molar-refractivity contribution >= 4 is 16.0 Å². The molecule has 5 nitrogen and oxygen atoms in total. The van der Waals surface area contributed by atoms with Gasteiger partial charge in [0.1, 0.15) is 0 Å². The van der Waals surface area contributed by atoms with E-state index in [0.29, 0.717) is 6.42 Å². The molecule has 0 saturated heterocycles. The van der Waals surface area contributed by atoms with Gasteiger partial charge in [0.15, 0.2) is 6.23 Å². The SMILES string of the molecule is C=CC(=O)OC(C)NS(=O)(=O)C(F)CCCCCCC. The van der Waals surface area contributed by atoms with Crippen molar-refractivity contribution in [3.05, 3.63) is 12.7 Å². The Bertz CT molecular complexity index is 397. The van der Waals surface area contributed by atoms with E-state index in [9.17, 15) is 17.6 Å². The first kappa shape index (κ1) is 19.1. The Hall–Kier alpha value is -0.950. The van der Waals surface area contributed by atoms with E-state index in [1.165, 1.54) is 6.92 Å². The fraction of sp³-hybridized carbons (Fsp3) is 0.769. The lowest BCUT2D eigenvalue weighted by Crippen LogP contribution is -2.40. The molecule has 0 fully saturated rings. The molecule has 0 aromatic carbocycles. The van der Waals surface area contributed by atoms with E-state index in [0.717, 1.165) is 31.8 Å². The molecule has 0 bridgehead atoms. The average molecular weight is 309 g/mol. The lowest BCUT2D eigenvalue weighted by Gasteiger charge is -2.16. The number of carbonyl (C=O) groups is 1. The molecule has 0 aromatic heterocycles. The highest BCUT2D eigenvalue weighted by Crippen LogP contribution is 2.13. The molecular formula is C13H24FNO4S. The van der Waals surface area contributed by atoms with Crippen LogP contribution in [-0.4, -0.2) is 26.1 Å². The Balaban J connectivity index is 4.14. The Morgan fingerprint density at radius 3 is 2.50 bits per heavy atom. The summed E-state index contributed by atoms with van der Waals surface area (Å²) in [5.74, 6) is -0.768. The van der Waals surface area contributed by atoms with Gasteiger partial charge in [-0.1, -0.05) is 39.2 Å². The zero-order valence-electron chi connectivity index (χ0n) is 12.1. The first-order valence-corrected chi connectivity index (χ1v) is 8.36. The van der Waals surface area contributed by atoms with Gasteiger partial charge in [-0.2, -0.15) is 4.72 Å². The van der Waals surface area contributed by atoms with E-state index in [-0.39, 0.29) is 6.42 Å². The predicted molar refractivity (Wildman–Crippen MR) is 76.1 cm³/mol. The Kier molecular flexibility index (Phi) is 9.41. The van der Waals surface area contributed by atoms with Gasteiger partial charge < -0.3 is 4.74 Å². The molecule has 2 atom stereocenters. The van der Waals surface area contributed by atoms with E-state index in [2.05, 4.69) is 18.2 Å². The van der Waals surface area contributed by atoms with Gasteiger partial charge in [0.05, 0.1) is 0 Å². The highest BCUT2D eigenvalue weighted by molar-refractivity contribution is 7.89. The number of ether oxygens (including phenoxy) is 1. The van der Waals surface area contributed by atoms with Crippen LogP contribution in [0.5, 0.6) is 0 Å². The standard InChI is InChI=1S/C13H24FNO4S/c1-4-6-7-8-9-10-12(14)20(17,18)15-11(3)19-13(16)5-2/h5,11-12,15H,2,4,6-10H2,1,3H3. The molecular weight excluding hydrogens is 285 g/mol. The zero-order chi connectivity index (χ0) is 15.6. The van der Waals surface area contributed by atoms with E-state index in [4.69, 9.17) is 0 Å². The summed E-state index contributed by atoms with van der Waals surface area (Å²) in [5.41, 5.74) is -1.99. The van der Waals surface area contributed by atoms with Crippen molar-refractivity contribution in [1.82, 2.24) is 4.72 Å². The lowest BCUT2D eigenvalue weighted by molar-refractivity contribution is -0.142. The van der Waals surface area contributed by atoms with Crippen LogP contribution in [0.1, 0.15) is 52.4 Å². The highest BCUT2D eigenvalue weighted by Gasteiger charge is 2.26. The van der Waals surface area contributed by atoms with E-state index in [1.54, 1.807) is 0 Å². The Labute approximate surface area is 120 Å². The summed E-state index contributed by atoms with van der Waals surface area (Å²) in [4.78, 5) is 10.9. The van der Waals surface area contributed by atoms with Gasteiger partial charge in [-0.3, -0.25) is 0 Å². The maximum Gasteiger partial charge on any atom is 0.331 e. The zero-order valence-corrected chi connectivity index (χ0v) is 12.9. The second kappa shape index (κ2) is 9.88. The normalized spacial score (nSPS) is 14.6. The summed E-state index contributed by atoms with van der Waals surface area (Å²) in [5, 5.41) is 0. The third-order valence-electron chi connectivity index (χ3n) is 2.66. The lowest BCUT2D eigenvalue weighted by atomic mass is 10.1. The maximum atomic E-state index is 13.7. The fourth-order valence-corrected chi connectivity index (χ4v) is 2.75. The number of rotatable bonds is 11. The third kappa shape index (κ3) is 8.27. The Morgan fingerprint density at radius 1 is 1.35 bits per heavy atom. The van der Waals surface area contributed by atoms with Crippen molar-refractivity contribution in [1.29, 1.82) is 0 Å². The number of alkyl halides is 1. The van der Waals surface area contributed by atoms with E-state index < -0.39 is 27.7 Å². The molecule has 0 aromatic rings. The minimum absolute atomic E-state index is 0.0544. The molecule has 20 heavy (non-hydrogen) atoms. The van der Waals surface area contributed by atoms with Gasteiger partial charge in [0.25, 0.3) is 0 Å². The molecule has 0 spiro atoms. The van der Waals surface area contributed by atoms with Crippen LogP contribution in [0.2, 0.25) is 0 Å². The third-order valence-corrected chi connectivity index (χ3v) is 4.23. The van der Waals surface area contributed by atoms with Crippen molar-refractivity contribution in [2.24, 2.45) is 0 Å². The maximum absolute atomic E-state index is 13.7. The van der Waals surface area contributed by atoms with Crippen LogP contribution in [0.25, 0.3) is 0 Å². The summed E-state index contributed by atoms with van der Waals surface area (Å²) in [6.45, 7) is 6.56. The number of hydrogen-bond donors (Lipinski definition) is 1. The summed E-state index contributed by atoms with van der Waals surface area (Å²) in [6.07, 6.45) is 4.18. The van der Waals surface area contributed by atoms with Crippen LogP contribution in [0.15, 0.2) is 12.7 Å². The van der Waals surface area contributed by atoms with Gasteiger partial charge in [0, 0.05) is 6.08 Å². The molecule has 0 aliphatic heterocycles. The van der Waals surface area contributed by atoms with Gasteiger partial charge in [-0.25, -0.2) is 17.6 Å². The van der Waals surface area contributed by atoms with Gasteiger partial charge in [-0.05, 0) is 19.8 Å². The number of esters is 1. The van der Waals surface area contributed by atoms with Crippen LogP contribution >= 0.6 is 0 Å². The second-order valence-corrected chi connectivity index (χ2v) is 6.40. The van der Waals surface area contributed by atoms with Crippen LogP contribution in [0.4, 0.5) is 4.39 Å². The van der Waals surface area contributed by atoms with Crippen molar-refractivity contribution in [2.75, 3.05) is 0 Å². The molecule has 0 saturated carbocycles. The van der Waals surface area contributed by atoms with Gasteiger partial charge >= 0.3 is 5.97 Å². The fourth-order valence-electron chi connectivity index (χ4n) is 1.62. The van der Waals surface area contributed by atoms with Gasteiger partial charge in [0.2, 0.25) is 15.5 Å². The smallest absolute Gasteiger partial charge is 0.331 e. The van der Waals surface area contributed by atoms with Crippen LogP contribution in [-0.2, 0) is 19.6 Å². The van der Waals surface area contributed by atoms with E-state index in [1.807, 2.05) is 4.72 Å². The monoisotopic (exact) mass is 309 g/mol. The summed E-state index contributed by atoms with van der Waals surface area (Å²) in [6, 6.07) is 0. The number of hydrogen-bond acceptors (Lipinski definition) is 4. The molecule has 1 N–H and O–H groups in total. The molecule has 0 heterocycles. The minimum Gasteiger partial charge on any atom is -0.443 e. The molecule has 0 aliphatic rings. The number of halogens is 1. The summed E-state index contributed by atoms with van der Waals surface area (Å²) < 4.78 is 43.5. The van der Waals surface area contributed by atoms with Crippen molar-refractivity contribution in [2.45, 2.75) is 64.1 Å². The number of sulfonamides is 1. The number of carbonyl (C=O) groups excluding carboxylic acids is 1. The van der Waals surface area contributed by atoms with Crippen molar-refractivity contribution < 1.29 is 22.3 Å². The van der Waals surface area contributed by atoms with Crippen LogP contribution in [0.3, 0.4) is 0 Å². The molecule has 7 heteroatoms. The molecule has 2 unspecified atom stereocenters. The molecule has 0 aliphatic carbocycles.